The number of hydrogen-bond donors (Lipinski definition) is 2. The van der Waals surface area contributed by atoms with E-state index in [1.807, 2.05) is 0 Å². The normalized spacial score (nSPS) is 16.0. The number of carbonyl (C=O) groups is 2. The largest absolute Gasteiger partial charge is 0.460 e. The van der Waals surface area contributed by atoms with Crippen LogP contribution in [0.1, 0.15) is 0 Å². The standard InChI is InChI=1S/C24H6F34N2O2/c25-9(26,11(29,30)13(33,34)15(37,38)17(41,42)19(45,46)21(49,50)23(53,54)55)7(61)59-5-2-1-3-6(4-5)60-8(62)10(27,28)12(31,32)14(35,36)16(39,40)18(43,44)20(47,48)22(51,52)24(56,57)58/h1-4H,(H,59,61)(H,60,62). The number of halogens is 34. The van der Waals surface area contributed by atoms with Crippen LogP contribution in [-0.4, -0.2) is 107 Å². The molecule has 0 fully saturated rings. The molecule has 0 bridgehead atoms. The van der Waals surface area contributed by atoms with Gasteiger partial charge in [-0.15, -0.1) is 0 Å². The fourth-order valence-corrected chi connectivity index (χ4v) is 3.71. The van der Waals surface area contributed by atoms with Gasteiger partial charge in [-0.05, 0) is 18.2 Å². The summed E-state index contributed by atoms with van der Waals surface area (Å²) >= 11 is 0. The molecule has 0 aromatic heterocycles. The molecule has 2 amide bonds. The molecule has 0 atom stereocenters. The maximum absolute atomic E-state index is 14.2. The van der Waals surface area contributed by atoms with E-state index < -0.39 is 125 Å². The molecule has 0 unspecified atom stereocenters. The van der Waals surface area contributed by atoms with Crippen molar-refractivity contribution < 1.29 is 159 Å². The van der Waals surface area contributed by atoms with Gasteiger partial charge in [0.15, 0.2) is 0 Å². The number of amides is 2. The van der Waals surface area contributed by atoms with Crippen LogP contribution < -0.4 is 10.6 Å². The topological polar surface area (TPSA) is 58.2 Å². The molecule has 0 saturated heterocycles. The lowest BCUT2D eigenvalue weighted by Crippen LogP contribution is -2.75. The van der Waals surface area contributed by atoms with E-state index in [4.69, 9.17) is 0 Å². The Morgan fingerprint density at radius 3 is 0.661 bits per heavy atom. The second-order valence-electron chi connectivity index (χ2n) is 11.5. The van der Waals surface area contributed by atoms with E-state index in [2.05, 4.69) is 0 Å². The van der Waals surface area contributed by atoms with Crippen molar-refractivity contribution in [2.75, 3.05) is 10.6 Å². The van der Waals surface area contributed by atoms with Crippen LogP contribution in [0.15, 0.2) is 24.3 Å². The molecule has 1 rings (SSSR count). The van der Waals surface area contributed by atoms with Crippen LogP contribution in [0, 0.1) is 0 Å². The van der Waals surface area contributed by atoms with Crippen molar-refractivity contribution in [2.24, 2.45) is 0 Å². The van der Waals surface area contributed by atoms with Gasteiger partial charge in [-0.1, -0.05) is 6.07 Å². The number of nitrogens with one attached hydrogen (secondary N) is 2. The van der Waals surface area contributed by atoms with Crippen molar-refractivity contribution in [3.05, 3.63) is 24.3 Å². The quantitative estimate of drug-likeness (QED) is 0.162. The van der Waals surface area contributed by atoms with Gasteiger partial charge in [0.2, 0.25) is 0 Å². The first kappa shape index (κ1) is 55.8. The van der Waals surface area contributed by atoms with Crippen LogP contribution in [-0.2, 0) is 9.59 Å². The van der Waals surface area contributed by atoms with Gasteiger partial charge in [0.1, 0.15) is 0 Å². The van der Waals surface area contributed by atoms with Gasteiger partial charge in [-0.25, -0.2) is 0 Å². The van der Waals surface area contributed by atoms with Crippen LogP contribution in [0.4, 0.5) is 161 Å². The van der Waals surface area contributed by atoms with Gasteiger partial charge in [-0.3, -0.25) is 9.59 Å². The zero-order chi connectivity index (χ0) is 50.6. The molecule has 0 spiro atoms. The molecule has 4 nitrogen and oxygen atoms in total. The first-order valence-corrected chi connectivity index (χ1v) is 13.7. The molecule has 0 radical (unpaired) electrons. The number of benzene rings is 1. The summed E-state index contributed by atoms with van der Waals surface area (Å²) in [5, 5.41) is 0.104. The van der Waals surface area contributed by atoms with E-state index in [1.54, 1.807) is 0 Å². The third kappa shape index (κ3) is 7.27. The van der Waals surface area contributed by atoms with Gasteiger partial charge in [0, 0.05) is 11.4 Å². The molecule has 0 aliphatic rings. The molecule has 0 aliphatic heterocycles. The molecule has 38 heteroatoms. The number of rotatable bonds is 16. The summed E-state index contributed by atoms with van der Waals surface area (Å²) in [4.78, 5) is 23.4. The smallest absolute Gasteiger partial charge is 0.321 e. The van der Waals surface area contributed by atoms with E-state index in [1.165, 1.54) is 0 Å². The minimum absolute atomic E-state index is 0.0518. The summed E-state index contributed by atoms with van der Waals surface area (Å²) in [5.41, 5.74) is -4.22. The summed E-state index contributed by atoms with van der Waals surface area (Å²) in [5.74, 6) is -132. The summed E-state index contributed by atoms with van der Waals surface area (Å²) in [6, 6.07) is -1.40. The number of hydrogen-bond acceptors (Lipinski definition) is 2. The summed E-state index contributed by atoms with van der Waals surface area (Å²) < 4.78 is 456. The fourth-order valence-electron chi connectivity index (χ4n) is 3.71. The zero-order valence-corrected chi connectivity index (χ0v) is 27.0. The van der Waals surface area contributed by atoms with Crippen molar-refractivity contribution in [1.82, 2.24) is 0 Å². The first-order valence-electron chi connectivity index (χ1n) is 13.7. The lowest BCUT2D eigenvalue weighted by Gasteiger charge is -2.42. The Hall–Kier alpha value is -4.22. The average Bonchev–Trinajstić information content (AvgIpc) is 3.06. The first-order chi connectivity index (χ1) is 26.5. The zero-order valence-electron chi connectivity index (χ0n) is 27.0. The Bertz CT molecular complexity index is 1710. The van der Waals surface area contributed by atoms with Crippen LogP contribution in [0.3, 0.4) is 0 Å². The maximum atomic E-state index is 14.2. The SMILES string of the molecule is O=C(Nc1cccc(NC(=O)C(F)(F)C(F)(F)C(F)(F)C(F)(F)C(F)(F)C(F)(F)C(F)(F)C(F)(F)F)c1)C(F)(F)C(F)(F)C(F)(F)C(F)(F)C(F)(F)C(F)(F)C(F)(F)C(F)(F)F. The van der Waals surface area contributed by atoms with Crippen molar-refractivity contribution in [3.8, 4) is 0 Å². The van der Waals surface area contributed by atoms with Crippen molar-refractivity contribution >= 4 is 23.2 Å². The van der Waals surface area contributed by atoms with E-state index >= 15 is 0 Å². The molecular formula is C24H6F34N2O2. The average molecular weight is 1000 g/mol. The molecule has 362 valence electrons. The summed E-state index contributed by atoms with van der Waals surface area (Å²) in [6.07, 6.45) is -16.3. The monoisotopic (exact) mass is 1000 g/mol. The van der Waals surface area contributed by atoms with E-state index in [0.29, 0.717) is 0 Å². The highest BCUT2D eigenvalue weighted by Crippen LogP contribution is 2.66. The van der Waals surface area contributed by atoms with E-state index in [-0.39, 0.29) is 28.8 Å². The Kier molecular flexibility index (Phi) is 13.2. The molecule has 1 aromatic carbocycles. The fraction of sp³-hybridized carbons (Fsp3) is 0.667. The Morgan fingerprint density at radius 2 is 0.468 bits per heavy atom. The minimum Gasteiger partial charge on any atom is -0.321 e. The molecule has 0 saturated carbocycles. The molecule has 1 aromatic rings. The number of alkyl halides is 34. The summed E-state index contributed by atoms with van der Waals surface area (Å²) in [6.45, 7) is 0. The van der Waals surface area contributed by atoms with Gasteiger partial charge in [0.05, 0.1) is 0 Å². The van der Waals surface area contributed by atoms with Gasteiger partial charge in [0.25, 0.3) is 0 Å². The number of carbonyl (C=O) groups excluding carboxylic acids is 2. The number of anilines is 2. The lowest BCUT2D eigenvalue weighted by atomic mass is 9.88. The molecule has 0 heterocycles. The van der Waals surface area contributed by atoms with E-state index in [0.717, 1.165) is 0 Å². The van der Waals surface area contributed by atoms with Crippen LogP contribution in [0.5, 0.6) is 0 Å². The van der Waals surface area contributed by atoms with Gasteiger partial charge >= 0.3 is 107 Å². The van der Waals surface area contributed by atoms with Crippen molar-refractivity contribution in [2.45, 2.75) is 95.3 Å². The van der Waals surface area contributed by atoms with E-state index in [9.17, 15) is 159 Å². The lowest BCUT2D eigenvalue weighted by molar-refractivity contribution is -0.459. The van der Waals surface area contributed by atoms with Gasteiger partial charge in [-0.2, -0.15) is 149 Å². The highest BCUT2D eigenvalue weighted by Gasteiger charge is 2.97. The predicted molar refractivity (Wildman–Crippen MR) is 125 cm³/mol. The highest BCUT2D eigenvalue weighted by molar-refractivity contribution is 5.99. The Labute approximate surface area is 313 Å². The van der Waals surface area contributed by atoms with Gasteiger partial charge < -0.3 is 10.6 Å². The molecule has 2 N–H and O–H groups in total. The predicted octanol–water partition coefficient (Wildman–Crippen LogP) is 11.6. The van der Waals surface area contributed by atoms with Crippen LogP contribution in [0.25, 0.3) is 0 Å². The van der Waals surface area contributed by atoms with Crippen molar-refractivity contribution in [3.63, 3.8) is 0 Å². The van der Waals surface area contributed by atoms with Crippen molar-refractivity contribution in [1.29, 1.82) is 0 Å². The Balaban J connectivity index is 3.63. The maximum Gasteiger partial charge on any atom is 0.460 e. The summed E-state index contributed by atoms with van der Waals surface area (Å²) in [7, 11) is 0. The highest BCUT2D eigenvalue weighted by atomic mass is 19.4. The second kappa shape index (κ2) is 14.7. The third-order valence-electron chi connectivity index (χ3n) is 7.39. The third-order valence-corrected chi connectivity index (χ3v) is 7.39. The Morgan fingerprint density at radius 1 is 0.290 bits per heavy atom. The molecule has 0 aliphatic carbocycles. The molecular weight excluding hydrogens is 994 g/mol. The van der Waals surface area contributed by atoms with Crippen LogP contribution in [0.2, 0.25) is 0 Å². The second-order valence-corrected chi connectivity index (χ2v) is 11.5. The molecule has 62 heavy (non-hydrogen) atoms. The van der Waals surface area contributed by atoms with Crippen LogP contribution >= 0.6 is 0 Å². The minimum atomic E-state index is -9.21.